The third-order valence-electron chi connectivity index (χ3n) is 4.43. The van der Waals surface area contributed by atoms with E-state index in [9.17, 15) is 9.59 Å². The minimum Gasteiger partial charge on any atom is -0.325 e. The molecule has 138 valence electrons. The number of amides is 1. The lowest BCUT2D eigenvalue weighted by atomic mass is 10.1. The number of anilines is 1. The molecule has 1 saturated heterocycles. The number of carbonyl (C=O) groups is 1. The van der Waals surface area contributed by atoms with Gasteiger partial charge in [-0.25, -0.2) is 4.98 Å². The van der Waals surface area contributed by atoms with Gasteiger partial charge in [-0.2, -0.15) is 0 Å². The largest absolute Gasteiger partial charge is 0.325 e. The summed E-state index contributed by atoms with van der Waals surface area (Å²) in [6.07, 6.45) is 1.44. The number of hydrogen-bond acceptors (Lipinski definition) is 5. The number of fused-ring (bicyclic) bond motifs is 1. The average molecular weight is 398 g/mol. The van der Waals surface area contributed by atoms with Crippen LogP contribution in [0.3, 0.4) is 0 Å². The van der Waals surface area contributed by atoms with Gasteiger partial charge in [-0.15, -0.1) is 23.5 Å². The van der Waals surface area contributed by atoms with Crippen molar-refractivity contribution < 1.29 is 4.79 Å². The normalized spacial score (nSPS) is 14.6. The molecule has 1 amide bonds. The standard InChI is InChI=1S/C20H19N3O2S2/c1-13-4-2-7-16-18(13)21-12-23(19(16)25)11-17(24)22-15-6-3-5-14(10-15)20-26-8-9-27-20/h2-7,10,12,20H,8-9,11H2,1H3,(H,22,24). The molecule has 7 heteroatoms. The first-order valence-electron chi connectivity index (χ1n) is 8.69. The molecular weight excluding hydrogens is 378 g/mol. The monoisotopic (exact) mass is 397 g/mol. The van der Waals surface area contributed by atoms with Gasteiger partial charge in [-0.3, -0.25) is 14.2 Å². The quantitative estimate of drug-likeness (QED) is 0.725. The van der Waals surface area contributed by atoms with Crippen molar-refractivity contribution in [1.29, 1.82) is 0 Å². The van der Waals surface area contributed by atoms with E-state index in [1.807, 2.05) is 60.8 Å². The van der Waals surface area contributed by atoms with E-state index < -0.39 is 0 Å². The molecule has 0 saturated carbocycles. The van der Waals surface area contributed by atoms with Gasteiger partial charge >= 0.3 is 0 Å². The number of aryl methyl sites for hydroxylation is 1. The lowest BCUT2D eigenvalue weighted by molar-refractivity contribution is -0.116. The van der Waals surface area contributed by atoms with Gasteiger partial charge in [0.2, 0.25) is 5.91 Å². The number of rotatable bonds is 4. The van der Waals surface area contributed by atoms with E-state index in [1.54, 1.807) is 6.07 Å². The van der Waals surface area contributed by atoms with Crippen molar-refractivity contribution in [3.8, 4) is 0 Å². The first-order chi connectivity index (χ1) is 13.1. The Labute approximate surface area is 165 Å². The van der Waals surface area contributed by atoms with Gasteiger partial charge in [0.05, 0.1) is 21.8 Å². The average Bonchev–Trinajstić information content (AvgIpc) is 3.20. The van der Waals surface area contributed by atoms with E-state index in [2.05, 4.69) is 16.4 Å². The zero-order valence-corrected chi connectivity index (χ0v) is 16.5. The molecule has 5 nitrogen and oxygen atoms in total. The zero-order chi connectivity index (χ0) is 18.8. The smallest absolute Gasteiger partial charge is 0.261 e. The number of nitrogens with one attached hydrogen (secondary N) is 1. The summed E-state index contributed by atoms with van der Waals surface area (Å²) >= 11 is 3.85. The summed E-state index contributed by atoms with van der Waals surface area (Å²) in [5, 5.41) is 3.43. The molecule has 0 aliphatic carbocycles. The van der Waals surface area contributed by atoms with Crippen LogP contribution in [0.4, 0.5) is 5.69 Å². The zero-order valence-electron chi connectivity index (χ0n) is 14.8. The molecule has 2 aromatic carbocycles. The van der Waals surface area contributed by atoms with Gasteiger partial charge in [-0.1, -0.05) is 24.3 Å². The van der Waals surface area contributed by atoms with Crippen molar-refractivity contribution in [2.24, 2.45) is 0 Å². The molecule has 1 aliphatic rings. The maximum Gasteiger partial charge on any atom is 0.261 e. The van der Waals surface area contributed by atoms with Gasteiger partial charge < -0.3 is 5.32 Å². The van der Waals surface area contributed by atoms with E-state index in [0.717, 1.165) is 22.8 Å². The van der Waals surface area contributed by atoms with Crippen molar-refractivity contribution in [1.82, 2.24) is 9.55 Å². The van der Waals surface area contributed by atoms with Gasteiger partial charge in [-0.05, 0) is 36.2 Å². The Balaban J connectivity index is 1.51. The Morgan fingerprint density at radius 3 is 2.81 bits per heavy atom. The second kappa shape index (κ2) is 7.78. The second-order valence-corrected chi connectivity index (χ2v) is 9.12. The van der Waals surface area contributed by atoms with Crippen molar-refractivity contribution in [3.05, 3.63) is 70.3 Å². The summed E-state index contributed by atoms with van der Waals surface area (Å²) in [4.78, 5) is 29.4. The van der Waals surface area contributed by atoms with Crippen LogP contribution >= 0.6 is 23.5 Å². The molecule has 1 aliphatic heterocycles. The van der Waals surface area contributed by atoms with E-state index in [0.29, 0.717) is 15.5 Å². The van der Waals surface area contributed by atoms with Crippen molar-refractivity contribution in [2.45, 2.75) is 18.1 Å². The predicted molar refractivity (Wildman–Crippen MR) is 113 cm³/mol. The Morgan fingerprint density at radius 2 is 2.00 bits per heavy atom. The number of carbonyl (C=O) groups excluding carboxylic acids is 1. The lowest BCUT2D eigenvalue weighted by Gasteiger charge is -2.12. The molecule has 0 unspecified atom stereocenters. The molecule has 1 aromatic heterocycles. The fraction of sp³-hybridized carbons (Fsp3) is 0.250. The van der Waals surface area contributed by atoms with Crippen LogP contribution in [0.25, 0.3) is 10.9 Å². The van der Waals surface area contributed by atoms with Crippen LogP contribution in [-0.4, -0.2) is 27.0 Å². The Kier molecular flexibility index (Phi) is 5.22. The molecule has 3 aromatic rings. The molecule has 0 spiro atoms. The van der Waals surface area contributed by atoms with Crippen molar-refractivity contribution in [2.75, 3.05) is 16.8 Å². The number of hydrogen-bond donors (Lipinski definition) is 1. The number of thioether (sulfide) groups is 2. The fourth-order valence-electron chi connectivity index (χ4n) is 3.12. The van der Waals surface area contributed by atoms with E-state index >= 15 is 0 Å². The van der Waals surface area contributed by atoms with E-state index in [4.69, 9.17) is 0 Å². The summed E-state index contributed by atoms with van der Waals surface area (Å²) in [6, 6.07) is 13.4. The predicted octanol–water partition coefficient (Wildman–Crippen LogP) is 3.82. The lowest BCUT2D eigenvalue weighted by Crippen LogP contribution is -2.28. The highest BCUT2D eigenvalue weighted by atomic mass is 32.2. The van der Waals surface area contributed by atoms with Crippen LogP contribution in [-0.2, 0) is 11.3 Å². The van der Waals surface area contributed by atoms with Crippen molar-refractivity contribution >= 4 is 46.0 Å². The van der Waals surface area contributed by atoms with Crippen LogP contribution < -0.4 is 10.9 Å². The Hall–Kier alpha value is -2.25. The topological polar surface area (TPSA) is 64.0 Å². The summed E-state index contributed by atoms with van der Waals surface area (Å²) in [5.74, 6) is 2.07. The summed E-state index contributed by atoms with van der Waals surface area (Å²) in [6.45, 7) is 1.85. The summed E-state index contributed by atoms with van der Waals surface area (Å²) in [7, 11) is 0. The Morgan fingerprint density at radius 1 is 1.22 bits per heavy atom. The minimum absolute atomic E-state index is 0.0626. The molecular formula is C20H19N3O2S2. The number of nitrogens with zero attached hydrogens (tertiary/aromatic N) is 2. The first-order valence-corrected chi connectivity index (χ1v) is 10.8. The maximum atomic E-state index is 12.6. The first kappa shape index (κ1) is 18.1. The molecule has 2 heterocycles. The number of benzene rings is 2. The van der Waals surface area contributed by atoms with Gasteiger partial charge in [0.25, 0.3) is 5.56 Å². The summed E-state index contributed by atoms with van der Waals surface area (Å²) in [5.41, 5.74) is 3.38. The second-order valence-electron chi connectivity index (χ2n) is 6.40. The molecule has 1 fully saturated rings. The highest BCUT2D eigenvalue weighted by molar-refractivity contribution is 8.19. The fourth-order valence-corrected chi connectivity index (χ4v) is 5.96. The highest BCUT2D eigenvalue weighted by Gasteiger charge is 2.18. The van der Waals surface area contributed by atoms with Crippen LogP contribution in [0.15, 0.2) is 53.6 Å². The molecule has 1 N–H and O–H groups in total. The SMILES string of the molecule is Cc1cccc2c(=O)n(CC(=O)Nc3cccc(C4SCCS4)c3)cnc12. The number of para-hydroxylation sites is 1. The van der Waals surface area contributed by atoms with Crippen molar-refractivity contribution in [3.63, 3.8) is 0 Å². The third-order valence-corrected chi connectivity index (χ3v) is 7.54. The van der Waals surface area contributed by atoms with Crippen LogP contribution in [0.5, 0.6) is 0 Å². The van der Waals surface area contributed by atoms with Gasteiger partial charge in [0.1, 0.15) is 6.54 Å². The minimum atomic E-state index is -0.241. The molecule has 0 radical (unpaired) electrons. The van der Waals surface area contributed by atoms with Crippen LogP contribution in [0.2, 0.25) is 0 Å². The van der Waals surface area contributed by atoms with E-state index in [-0.39, 0.29) is 18.0 Å². The maximum absolute atomic E-state index is 12.6. The Bertz CT molecular complexity index is 1060. The number of aromatic nitrogens is 2. The van der Waals surface area contributed by atoms with Gasteiger partial charge in [0.15, 0.2) is 0 Å². The van der Waals surface area contributed by atoms with E-state index in [1.165, 1.54) is 16.5 Å². The van der Waals surface area contributed by atoms with Crippen LogP contribution in [0.1, 0.15) is 15.7 Å². The highest BCUT2D eigenvalue weighted by Crippen LogP contribution is 2.45. The molecule has 0 atom stereocenters. The summed E-state index contributed by atoms with van der Waals surface area (Å²) < 4.78 is 1.78. The molecule has 4 rings (SSSR count). The van der Waals surface area contributed by atoms with Gasteiger partial charge in [0, 0.05) is 17.2 Å². The third kappa shape index (κ3) is 3.89. The molecule has 27 heavy (non-hydrogen) atoms. The van der Waals surface area contributed by atoms with Crippen LogP contribution in [0, 0.1) is 6.92 Å². The molecule has 0 bridgehead atoms.